The van der Waals surface area contributed by atoms with Gasteiger partial charge in [0.15, 0.2) is 0 Å². The lowest BCUT2D eigenvalue weighted by Crippen LogP contribution is -2.27. The smallest absolute Gasteiger partial charge is 0.412 e. The van der Waals surface area contributed by atoms with Crippen LogP contribution in [0.15, 0.2) is 18.2 Å². The van der Waals surface area contributed by atoms with Crippen LogP contribution in [0.25, 0.3) is 0 Å². The molecule has 106 valence electrons. The van der Waals surface area contributed by atoms with Crippen molar-refractivity contribution in [2.45, 2.75) is 44.5 Å². The Bertz CT molecular complexity index is 455. The zero-order valence-electron chi connectivity index (χ0n) is 11.6. The zero-order valence-corrected chi connectivity index (χ0v) is 13.2. The molecule has 0 aliphatic carbocycles. The van der Waals surface area contributed by atoms with E-state index in [1.165, 1.54) is 12.1 Å². The summed E-state index contributed by atoms with van der Waals surface area (Å²) in [5, 5.41) is 2.60. The van der Waals surface area contributed by atoms with Crippen LogP contribution < -0.4 is 5.32 Å². The van der Waals surface area contributed by atoms with E-state index in [0.29, 0.717) is 17.7 Å². The van der Waals surface area contributed by atoms with Crippen molar-refractivity contribution in [1.29, 1.82) is 0 Å². The molecular weight excluding hydrogens is 313 g/mol. The monoisotopic (exact) mass is 331 g/mol. The van der Waals surface area contributed by atoms with Crippen LogP contribution in [0.3, 0.4) is 0 Å². The minimum Gasteiger partial charge on any atom is -0.444 e. The Morgan fingerprint density at radius 2 is 2.11 bits per heavy atom. The summed E-state index contributed by atoms with van der Waals surface area (Å²) in [5.41, 5.74) is 0.522. The predicted octanol–water partition coefficient (Wildman–Crippen LogP) is 4.50. The number of anilines is 1. The lowest BCUT2D eigenvalue weighted by atomic mass is 10.1. The molecule has 1 aromatic carbocycles. The van der Waals surface area contributed by atoms with Gasteiger partial charge in [-0.05, 0) is 51.0 Å². The molecule has 1 amide bonds. The molecule has 1 atom stereocenters. The first-order chi connectivity index (χ1) is 8.67. The Kier molecular flexibility index (Phi) is 5.35. The number of carbonyl (C=O) groups is 1. The minimum absolute atomic E-state index is 0.166. The van der Waals surface area contributed by atoms with Gasteiger partial charge in [-0.3, -0.25) is 5.32 Å². The van der Waals surface area contributed by atoms with E-state index in [2.05, 4.69) is 21.2 Å². The molecule has 0 aliphatic heterocycles. The van der Waals surface area contributed by atoms with Gasteiger partial charge in [0.1, 0.15) is 11.4 Å². The molecule has 0 fully saturated rings. The van der Waals surface area contributed by atoms with E-state index in [1.54, 1.807) is 26.8 Å². The molecule has 19 heavy (non-hydrogen) atoms. The van der Waals surface area contributed by atoms with Crippen LogP contribution in [0.5, 0.6) is 0 Å². The minimum atomic E-state index is -0.558. The first kappa shape index (κ1) is 16.0. The van der Waals surface area contributed by atoms with Crippen LogP contribution in [-0.2, 0) is 11.2 Å². The number of halogens is 2. The fourth-order valence-corrected chi connectivity index (χ4v) is 1.88. The van der Waals surface area contributed by atoms with Crippen molar-refractivity contribution in [1.82, 2.24) is 0 Å². The summed E-state index contributed by atoms with van der Waals surface area (Å²) in [6.07, 6.45) is 0.00677. The van der Waals surface area contributed by atoms with Gasteiger partial charge in [-0.15, -0.1) is 0 Å². The number of amides is 1. The van der Waals surface area contributed by atoms with Gasteiger partial charge in [0, 0.05) is 10.5 Å². The number of benzene rings is 1. The van der Waals surface area contributed by atoms with Gasteiger partial charge in [0.05, 0.1) is 0 Å². The molecule has 0 aromatic heterocycles. The Labute approximate surface area is 121 Å². The molecule has 5 heteroatoms. The molecule has 3 nitrogen and oxygen atoms in total. The molecule has 0 aliphatic rings. The summed E-state index contributed by atoms with van der Waals surface area (Å²) in [6.45, 7) is 7.30. The van der Waals surface area contributed by atoms with Crippen LogP contribution >= 0.6 is 15.9 Å². The summed E-state index contributed by atoms with van der Waals surface area (Å²) in [6, 6.07) is 4.48. The number of carbonyl (C=O) groups excluding carboxylic acids is 1. The molecule has 0 heterocycles. The average Bonchev–Trinajstić information content (AvgIpc) is 2.19. The number of nitrogens with one attached hydrogen (secondary N) is 1. The molecule has 1 aromatic rings. The summed E-state index contributed by atoms with van der Waals surface area (Å²) in [7, 11) is 0. The largest absolute Gasteiger partial charge is 0.444 e. The summed E-state index contributed by atoms with van der Waals surface area (Å²) < 4.78 is 18.7. The highest BCUT2D eigenvalue weighted by Gasteiger charge is 2.16. The van der Waals surface area contributed by atoms with Crippen molar-refractivity contribution in [2.24, 2.45) is 0 Å². The topological polar surface area (TPSA) is 38.3 Å². The highest BCUT2D eigenvalue weighted by molar-refractivity contribution is 9.09. The van der Waals surface area contributed by atoms with Gasteiger partial charge in [-0.1, -0.05) is 22.9 Å². The average molecular weight is 332 g/mol. The van der Waals surface area contributed by atoms with E-state index >= 15 is 0 Å². The third kappa shape index (κ3) is 6.05. The maximum Gasteiger partial charge on any atom is 0.412 e. The van der Waals surface area contributed by atoms with Gasteiger partial charge in [0.25, 0.3) is 0 Å². The van der Waals surface area contributed by atoms with Crippen LogP contribution in [0.4, 0.5) is 14.9 Å². The molecule has 1 N–H and O–H groups in total. The highest BCUT2D eigenvalue weighted by atomic mass is 79.9. The van der Waals surface area contributed by atoms with Crippen molar-refractivity contribution >= 4 is 27.7 Å². The Balaban J connectivity index is 2.77. The molecule has 0 bridgehead atoms. The van der Waals surface area contributed by atoms with Gasteiger partial charge in [-0.2, -0.15) is 0 Å². The predicted molar refractivity (Wildman–Crippen MR) is 78.3 cm³/mol. The second-order valence-electron chi connectivity index (χ2n) is 5.42. The lowest BCUT2D eigenvalue weighted by molar-refractivity contribution is 0.0636. The van der Waals surface area contributed by atoms with Crippen molar-refractivity contribution < 1.29 is 13.9 Å². The molecular formula is C14H19BrFNO2. The van der Waals surface area contributed by atoms with E-state index in [-0.39, 0.29) is 10.6 Å². The molecule has 1 unspecified atom stereocenters. The van der Waals surface area contributed by atoms with E-state index in [0.717, 1.165) is 0 Å². The molecule has 0 saturated heterocycles. The van der Waals surface area contributed by atoms with Gasteiger partial charge in [0.2, 0.25) is 0 Å². The number of alkyl halides is 1. The van der Waals surface area contributed by atoms with Crippen molar-refractivity contribution in [3.8, 4) is 0 Å². The summed E-state index contributed by atoms with van der Waals surface area (Å²) in [4.78, 5) is 11.8. The van der Waals surface area contributed by atoms with Crippen LogP contribution in [0, 0.1) is 5.82 Å². The Morgan fingerprint density at radius 3 is 2.63 bits per heavy atom. The zero-order chi connectivity index (χ0) is 14.6. The summed E-state index contributed by atoms with van der Waals surface area (Å²) >= 11 is 3.38. The van der Waals surface area contributed by atoms with Crippen molar-refractivity contribution in [3.05, 3.63) is 29.6 Å². The fraction of sp³-hybridized carbons (Fsp3) is 0.500. The maximum atomic E-state index is 13.6. The Hall–Kier alpha value is -1.10. The molecule has 1 rings (SSSR count). The molecule has 0 radical (unpaired) electrons. The third-order valence-electron chi connectivity index (χ3n) is 2.19. The van der Waals surface area contributed by atoms with Gasteiger partial charge >= 0.3 is 6.09 Å². The number of hydrogen-bond donors (Lipinski definition) is 1. The number of rotatable bonds is 3. The SMILES string of the molecule is CC(Br)Cc1cc(NC(=O)OC(C)(C)C)ccc1F. The van der Waals surface area contributed by atoms with Crippen LogP contribution in [0.1, 0.15) is 33.3 Å². The van der Waals surface area contributed by atoms with Crippen LogP contribution in [0.2, 0.25) is 0 Å². The fourth-order valence-electron chi connectivity index (χ4n) is 1.53. The van der Waals surface area contributed by atoms with Crippen molar-refractivity contribution in [2.75, 3.05) is 5.32 Å². The number of ether oxygens (including phenoxy) is 1. The quantitative estimate of drug-likeness (QED) is 0.828. The highest BCUT2D eigenvalue weighted by Crippen LogP contribution is 2.19. The second kappa shape index (κ2) is 6.37. The van der Waals surface area contributed by atoms with Gasteiger partial charge < -0.3 is 4.74 Å². The maximum absolute atomic E-state index is 13.6. The lowest BCUT2D eigenvalue weighted by Gasteiger charge is -2.20. The Morgan fingerprint density at radius 1 is 1.47 bits per heavy atom. The number of hydrogen-bond acceptors (Lipinski definition) is 2. The van der Waals surface area contributed by atoms with Crippen molar-refractivity contribution in [3.63, 3.8) is 0 Å². The molecule has 0 spiro atoms. The van der Waals surface area contributed by atoms with E-state index < -0.39 is 11.7 Å². The first-order valence-corrected chi connectivity index (χ1v) is 7.01. The normalized spacial score (nSPS) is 12.9. The van der Waals surface area contributed by atoms with Crippen LogP contribution in [-0.4, -0.2) is 16.5 Å². The van der Waals surface area contributed by atoms with Gasteiger partial charge in [-0.25, -0.2) is 9.18 Å². The third-order valence-corrected chi connectivity index (χ3v) is 2.52. The standard InChI is InChI=1S/C14H19BrFNO2/c1-9(15)7-10-8-11(5-6-12(10)16)17-13(18)19-14(2,3)4/h5-6,8-9H,7H2,1-4H3,(H,17,18). The first-order valence-electron chi connectivity index (χ1n) is 6.10. The molecule has 0 saturated carbocycles. The van der Waals surface area contributed by atoms with E-state index in [4.69, 9.17) is 4.74 Å². The van der Waals surface area contributed by atoms with E-state index in [1.807, 2.05) is 6.92 Å². The van der Waals surface area contributed by atoms with E-state index in [9.17, 15) is 9.18 Å². The second-order valence-corrected chi connectivity index (χ2v) is 6.98. The summed E-state index contributed by atoms with van der Waals surface area (Å²) in [5.74, 6) is -0.277.